The maximum Gasteiger partial charge on any atom is 0.321 e. The predicted molar refractivity (Wildman–Crippen MR) is 95.6 cm³/mol. The van der Waals surface area contributed by atoms with Crippen molar-refractivity contribution < 1.29 is 14.0 Å². The van der Waals surface area contributed by atoms with Crippen LogP contribution in [-0.4, -0.2) is 29.9 Å². The first-order valence-corrected chi connectivity index (χ1v) is 8.34. The van der Waals surface area contributed by atoms with E-state index in [0.717, 1.165) is 32.0 Å². The summed E-state index contributed by atoms with van der Waals surface area (Å²) in [7, 11) is 0. The van der Waals surface area contributed by atoms with Gasteiger partial charge in [0.2, 0.25) is 0 Å². The molecule has 0 radical (unpaired) electrons. The number of nitrogens with one attached hydrogen (secondary N) is 2. The summed E-state index contributed by atoms with van der Waals surface area (Å²) in [5, 5.41) is 5.54. The number of para-hydroxylation sites is 2. The number of hydrogen-bond acceptors (Lipinski definition) is 2. The van der Waals surface area contributed by atoms with Crippen molar-refractivity contribution in [3.8, 4) is 0 Å². The van der Waals surface area contributed by atoms with E-state index < -0.39 is 11.7 Å². The molecule has 7 heteroatoms. The number of carbonyl (C=O) groups is 2. The molecule has 1 aliphatic heterocycles. The van der Waals surface area contributed by atoms with Gasteiger partial charge in [-0.05, 0) is 43.2 Å². The molecule has 130 valence electrons. The Morgan fingerprint density at radius 2 is 1.64 bits per heavy atom. The van der Waals surface area contributed by atoms with Gasteiger partial charge in [-0.1, -0.05) is 23.7 Å². The number of carbonyl (C=O) groups excluding carboxylic acids is 2. The van der Waals surface area contributed by atoms with Crippen LogP contribution in [0.3, 0.4) is 0 Å². The van der Waals surface area contributed by atoms with E-state index in [1.54, 1.807) is 29.2 Å². The number of anilines is 2. The van der Waals surface area contributed by atoms with E-state index in [1.165, 1.54) is 12.1 Å². The third-order valence-corrected chi connectivity index (χ3v) is 4.30. The van der Waals surface area contributed by atoms with Crippen LogP contribution in [-0.2, 0) is 0 Å². The second-order valence-electron chi connectivity index (χ2n) is 5.75. The number of likely N-dealkylation sites (tertiary alicyclic amines) is 1. The van der Waals surface area contributed by atoms with Crippen molar-refractivity contribution in [2.24, 2.45) is 0 Å². The Morgan fingerprint density at radius 1 is 1.00 bits per heavy atom. The van der Waals surface area contributed by atoms with Crippen molar-refractivity contribution in [1.82, 2.24) is 4.90 Å². The average molecular weight is 362 g/mol. The minimum Gasteiger partial charge on any atom is -0.325 e. The van der Waals surface area contributed by atoms with E-state index in [0.29, 0.717) is 11.4 Å². The van der Waals surface area contributed by atoms with Gasteiger partial charge >= 0.3 is 6.03 Å². The normalized spacial score (nSPS) is 13.6. The molecule has 0 bridgehead atoms. The van der Waals surface area contributed by atoms with Gasteiger partial charge in [-0.25, -0.2) is 9.18 Å². The topological polar surface area (TPSA) is 61.4 Å². The highest BCUT2D eigenvalue weighted by Gasteiger charge is 2.19. The molecule has 5 nitrogen and oxygen atoms in total. The quantitative estimate of drug-likeness (QED) is 0.853. The predicted octanol–water partition coefficient (Wildman–Crippen LogP) is 4.36. The van der Waals surface area contributed by atoms with Gasteiger partial charge < -0.3 is 15.5 Å². The van der Waals surface area contributed by atoms with Crippen molar-refractivity contribution in [2.45, 2.75) is 12.8 Å². The summed E-state index contributed by atoms with van der Waals surface area (Å²) in [6.45, 7) is 1.46. The number of benzene rings is 2. The Bertz CT molecular complexity index is 807. The van der Waals surface area contributed by atoms with Crippen molar-refractivity contribution >= 4 is 34.9 Å². The van der Waals surface area contributed by atoms with Crippen LogP contribution in [0.15, 0.2) is 42.5 Å². The fraction of sp³-hybridized carbons (Fsp3) is 0.222. The molecular weight excluding hydrogens is 345 g/mol. The maximum absolute atomic E-state index is 13.1. The van der Waals surface area contributed by atoms with E-state index in [2.05, 4.69) is 10.6 Å². The number of nitrogens with zero attached hydrogens (tertiary/aromatic N) is 1. The average Bonchev–Trinajstić information content (AvgIpc) is 3.11. The van der Waals surface area contributed by atoms with Crippen LogP contribution in [0.25, 0.3) is 0 Å². The zero-order valence-corrected chi connectivity index (χ0v) is 14.1. The third kappa shape index (κ3) is 4.09. The molecule has 2 N–H and O–H groups in total. The standard InChI is InChI=1S/C18H17ClFN3O2/c19-14-11-12(20)7-8-13(14)17(24)21-15-5-1-2-6-16(15)22-18(25)23-9-3-4-10-23/h1-2,5-8,11H,3-4,9-10H2,(H,21,24)(H,22,25). The molecular formula is C18H17ClFN3O2. The zero-order chi connectivity index (χ0) is 17.8. The minimum absolute atomic E-state index is 0.0242. The minimum atomic E-state index is -0.514. The zero-order valence-electron chi connectivity index (χ0n) is 13.4. The molecule has 25 heavy (non-hydrogen) atoms. The van der Waals surface area contributed by atoms with Crippen molar-refractivity contribution in [3.63, 3.8) is 0 Å². The van der Waals surface area contributed by atoms with Crippen LogP contribution in [0, 0.1) is 5.82 Å². The van der Waals surface area contributed by atoms with Gasteiger partial charge in [0, 0.05) is 13.1 Å². The van der Waals surface area contributed by atoms with Crippen LogP contribution >= 0.6 is 11.6 Å². The molecule has 0 spiro atoms. The number of rotatable bonds is 3. The fourth-order valence-electron chi connectivity index (χ4n) is 2.68. The Labute approximate surface area is 149 Å². The Morgan fingerprint density at radius 3 is 2.28 bits per heavy atom. The molecule has 3 amide bonds. The number of halogens is 2. The summed E-state index contributed by atoms with van der Waals surface area (Å²) in [5.41, 5.74) is 1.09. The highest BCUT2D eigenvalue weighted by atomic mass is 35.5. The summed E-state index contributed by atoms with van der Waals surface area (Å²) >= 11 is 5.92. The second kappa shape index (κ2) is 7.53. The van der Waals surface area contributed by atoms with E-state index in [1.807, 2.05) is 0 Å². The molecule has 2 aromatic rings. The number of urea groups is 1. The van der Waals surface area contributed by atoms with Crippen LogP contribution in [0.2, 0.25) is 5.02 Å². The fourth-order valence-corrected chi connectivity index (χ4v) is 2.93. The molecule has 1 saturated heterocycles. The SMILES string of the molecule is O=C(Nc1ccccc1NC(=O)N1CCCC1)c1ccc(F)cc1Cl. The molecule has 0 saturated carbocycles. The lowest BCUT2D eigenvalue weighted by Gasteiger charge is -2.18. The van der Waals surface area contributed by atoms with Gasteiger partial charge in [0.1, 0.15) is 5.82 Å². The lowest BCUT2D eigenvalue weighted by molar-refractivity contribution is 0.102. The second-order valence-corrected chi connectivity index (χ2v) is 6.16. The molecule has 0 unspecified atom stereocenters. The van der Waals surface area contributed by atoms with E-state index in [-0.39, 0.29) is 16.6 Å². The van der Waals surface area contributed by atoms with Gasteiger partial charge in [0.25, 0.3) is 5.91 Å². The molecule has 1 heterocycles. The summed E-state index contributed by atoms with van der Waals surface area (Å²) in [5.74, 6) is -0.993. The van der Waals surface area contributed by atoms with Crippen molar-refractivity contribution in [1.29, 1.82) is 0 Å². The lowest BCUT2D eigenvalue weighted by Crippen LogP contribution is -2.32. The summed E-state index contributed by atoms with van der Waals surface area (Å²) < 4.78 is 13.1. The Kier molecular flexibility index (Phi) is 5.19. The van der Waals surface area contributed by atoms with Gasteiger partial charge in [0.15, 0.2) is 0 Å². The maximum atomic E-state index is 13.1. The van der Waals surface area contributed by atoms with E-state index >= 15 is 0 Å². The number of amides is 3. The van der Waals surface area contributed by atoms with Crippen molar-refractivity contribution in [2.75, 3.05) is 23.7 Å². The highest BCUT2D eigenvalue weighted by Crippen LogP contribution is 2.24. The summed E-state index contributed by atoms with van der Waals surface area (Å²) in [6.07, 6.45) is 1.99. The third-order valence-electron chi connectivity index (χ3n) is 3.99. The molecule has 0 aromatic heterocycles. The molecule has 1 aliphatic rings. The monoisotopic (exact) mass is 361 g/mol. The molecule has 0 aliphatic carbocycles. The lowest BCUT2D eigenvalue weighted by atomic mass is 10.2. The summed E-state index contributed by atoms with van der Waals surface area (Å²) in [4.78, 5) is 26.4. The Hall–Kier alpha value is -2.60. The van der Waals surface area contributed by atoms with Gasteiger partial charge in [-0.15, -0.1) is 0 Å². The molecule has 3 rings (SSSR count). The van der Waals surface area contributed by atoms with Gasteiger partial charge in [-0.3, -0.25) is 4.79 Å². The first kappa shape index (κ1) is 17.2. The van der Waals surface area contributed by atoms with Crippen LogP contribution < -0.4 is 10.6 Å². The molecule has 2 aromatic carbocycles. The van der Waals surface area contributed by atoms with Crippen LogP contribution in [0.1, 0.15) is 23.2 Å². The van der Waals surface area contributed by atoms with Crippen molar-refractivity contribution in [3.05, 3.63) is 58.9 Å². The smallest absolute Gasteiger partial charge is 0.321 e. The van der Waals surface area contributed by atoms with Crippen LogP contribution in [0.4, 0.5) is 20.6 Å². The van der Waals surface area contributed by atoms with Gasteiger partial charge in [-0.2, -0.15) is 0 Å². The first-order valence-electron chi connectivity index (χ1n) is 7.96. The van der Waals surface area contributed by atoms with E-state index in [9.17, 15) is 14.0 Å². The molecule has 1 fully saturated rings. The number of hydrogen-bond donors (Lipinski definition) is 2. The van der Waals surface area contributed by atoms with Crippen LogP contribution in [0.5, 0.6) is 0 Å². The first-order chi connectivity index (χ1) is 12.0. The largest absolute Gasteiger partial charge is 0.325 e. The summed E-state index contributed by atoms with van der Waals surface area (Å²) in [6, 6.07) is 10.3. The highest BCUT2D eigenvalue weighted by molar-refractivity contribution is 6.34. The Balaban J connectivity index is 1.76. The van der Waals surface area contributed by atoms with Gasteiger partial charge in [0.05, 0.1) is 22.0 Å². The molecule has 0 atom stereocenters. The van der Waals surface area contributed by atoms with E-state index in [4.69, 9.17) is 11.6 Å².